The molecule has 1 saturated carbocycles. The Balaban J connectivity index is 1.31. The lowest BCUT2D eigenvalue weighted by Crippen LogP contribution is -2.51. The molecule has 1 aliphatic heterocycles. The van der Waals surface area contributed by atoms with Crippen LogP contribution in [0.3, 0.4) is 0 Å². The predicted octanol–water partition coefficient (Wildman–Crippen LogP) is 4.17. The number of piperidine rings is 1. The van der Waals surface area contributed by atoms with Crippen LogP contribution in [0.15, 0.2) is 48.5 Å². The summed E-state index contributed by atoms with van der Waals surface area (Å²) in [6, 6.07) is 16.7. The molecular weight excluding hydrogens is 338 g/mol. The number of benzene rings is 2. The third-order valence-corrected chi connectivity index (χ3v) is 6.43. The van der Waals surface area contributed by atoms with Gasteiger partial charge in [-0.3, -0.25) is 0 Å². The number of fused-ring (bicyclic) bond motifs is 3. The number of nitrogens with zero attached hydrogens (tertiary/aromatic N) is 1. The normalized spacial score (nSPS) is 24.4. The van der Waals surface area contributed by atoms with E-state index in [4.69, 9.17) is 4.74 Å². The van der Waals surface area contributed by atoms with Crippen LogP contribution in [0.1, 0.15) is 42.7 Å². The molecule has 1 amide bonds. The molecule has 1 unspecified atom stereocenters. The first-order chi connectivity index (χ1) is 13.2. The highest BCUT2D eigenvalue weighted by Gasteiger charge is 2.47. The van der Waals surface area contributed by atoms with E-state index < -0.39 is 5.60 Å². The Morgan fingerprint density at radius 3 is 2.33 bits per heavy atom. The second-order valence-corrected chi connectivity index (χ2v) is 8.21. The Labute approximate surface area is 159 Å². The summed E-state index contributed by atoms with van der Waals surface area (Å²) in [4.78, 5) is 14.4. The molecule has 0 spiro atoms. The fraction of sp³-hybridized carbons (Fsp3) is 0.435. The van der Waals surface area contributed by atoms with Gasteiger partial charge in [0.25, 0.3) is 0 Å². The summed E-state index contributed by atoms with van der Waals surface area (Å²) in [5.74, 6) is 0.440. The number of likely N-dealkylation sites (tertiary alicyclic amines) is 1. The molecule has 5 rings (SSSR count). The predicted molar refractivity (Wildman–Crippen MR) is 104 cm³/mol. The zero-order valence-electron chi connectivity index (χ0n) is 15.4. The summed E-state index contributed by atoms with van der Waals surface area (Å²) in [7, 11) is 0. The molecule has 2 aliphatic carbocycles. The first kappa shape index (κ1) is 16.8. The van der Waals surface area contributed by atoms with Gasteiger partial charge in [0.1, 0.15) is 6.61 Å². The van der Waals surface area contributed by atoms with E-state index in [1.807, 2.05) is 12.1 Å². The monoisotopic (exact) mass is 363 g/mol. The first-order valence-corrected chi connectivity index (χ1v) is 9.98. The van der Waals surface area contributed by atoms with Crippen LogP contribution in [0.4, 0.5) is 4.79 Å². The highest BCUT2D eigenvalue weighted by molar-refractivity contribution is 5.79. The van der Waals surface area contributed by atoms with Crippen molar-refractivity contribution in [3.05, 3.63) is 59.7 Å². The van der Waals surface area contributed by atoms with Gasteiger partial charge in [0, 0.05) is 12.5 Å². The van der Waals surface area contributed by atoms with Crippen molar-refractivity contribution in [2.75, 3.05) is 19.7 Å². The van der Waals surface area contributed by atoms with Crippen molar-refractivity contribution in [1.29, 1.82) is 0 Å². The Kier molecular flexibility index (Phi) is 3.97. The number of hydrogen-bond acceptors (Lipinski definition) is 3. The van der Waals surface area contributed by atoms with Gasteiger partial charge in [-0.15, -0.1) is 0 Å². The molecule has 27 heavy (non-hydrogen) atoms. The number of aliphatic hydroxyl groups is 1. The van der Waals surface area contributed by atoms with Gasteiger partial charge in [-0.05, 0) is 53.9 Å². The van der Waals surface area contributed by atoms with Crippen LogP contribution in [0.25, 0.3) is 11.1 Å². The summed E-state index contributed by atoms with van der Waals surface area (Å²) >= 11 is 0. The lowest BCUT2D eigenvalue weighted by atomic mass is 9.88. The van der Waals surface area contributed by atoms with Crippen molar-refractivity contribution in [2.24, 2.45) is 5.92 Å². The molecule has 2 fully saturated rings. The molecule has 0 aromatic heterocycles. The van der Waals surface area contributed by atoms with E-state index in [1.165, 1.54) is 22.3 Å². The molecule has 140 valence electrons. The van der Waals surface area contributed by atoms with Crippen LogP contribution in [0.2, 0.25) is 0 Å². The molecule has 4 nitrogen and oxygen atoms in total. The maximum absolute atomic E-state index is 12.7. The molecule has 2 aromatic rings. The number of β-amino-alcohol motifs (C(OH)–C–C–N with tert-alkyl or cyclic N) is 1. The molecular formula is C23H25NO3. The summed E-state index contributed by atoms with van der Waals surface area (Å²) in [6.07, 6.45) is 3.50. The number of ether oxygens (including phenoxy) is 1. The van der Waals surface area contributed by atoms with E-state index in [2.05, 4.69) is 36.4 Å². The molecule has 1 heterocycles. The van der Waals surface area contributed by atoms with Crippen LogP contribution in [-0.2, 0) is 4.74 Å². The smallest absolute Gasteiger partial charge is 0.409 e. The quantitative estimate of drug-likeness (QED) is 0.890. The van der Waals surface area contributed by atoms with E-state index in [0.717, 1.165) is 25.7 Å². The fourth-order valence-electron chi connectivity index (χ4n) is 4.86. The van der Waals surface area contributed by atoms with Crippen molar-refractivity contribution in [1.82, 2.24) is 4.90 Å². The Morgan fingerprint density at radius 1 is 1.07 bits per heavy atom. The van der Waals surface area contributed by atoms with E-state index >= 15 is 0 Å². The summed E-state index contributed by atoms with van der Waals surface area (Å²) < 4.78 is 5.75. The van der Waals surface area contributed by atoms with Gasteiger partial charge in [0.15, 0.2) is 0 Å². The van der Waals surface area contributed by atoms with Crippen LogP contribution >= 0.6 is 0 Å². The fourth-order valence-corrected chi connectivity index (χ4v) is 4.86. The Hall–Kier alpha value is -2.33. The highest BCUT2D eigenvalue weighted by Crippen LogP contribution is 2.45. The topological polar surface area (TPSA) is 49.8 Å². The Bertz CT molecular complexity index is 830. The molecule has 0 bridgehead atoms. The van der Waals surface area contributed by atoms with Crippen molar-refractivity contribution in [3.63, 3.8) is 0 Å². The van der Waals surface area contributed by atoms with E-state index in [9.17, 15) is 9.90 Å². The van der Waals surface area contributed by atoms with Crippen molar-refractivity contribution in [2.45, 2.75) is 37.2 Å². The standard InChI is InChI=1S/C23H25NO3/c25-22(24-13-5-12-23(26,15-24)16-10-11-16)27-14-21-19-8-3-1-6-17(19)18-7-2-4-9-20(18)21/h1-4,6-9,16,21,26H,5,10-15H2. The summed E-state index contributed by atoms with van der Waals surface area (Å²) in [5, 5.41) is 10.8. The van der Waals surface area contributed by atoms with Gasteiger partial charge in [0.05, 0.1) is 12.1 Å². The molecule has 3 aliphatic rings. The molecule has 0 radical (unpaired) electrons. The lowest BCUT2D eigenvalue weighted by molar-refractivity contribution is -0.0456. The average molecular weight is 363 g/mol. The third-order valence-electron chi connectivity index (χ3n) is 6.43. The SMILES string of the molecule is O=C(OCC1c2ccccc2-c2ccccc21)N1CCCC(O)(C2CC2)C1. The van der Waals surface area contributed by atoms with Gasteiger partial charge < -0.3 is 14.7 Å². The van der Waals surface area contributed by atoms with Crippen LogP contribution in [0.5, 0.6) is 0 Å². The first-order valence-electron chi connectivity index (χ1n) is 9.98. The van der Waals surface area contributed by atoms with E-state index in [0.29, 0.717) is 25.6 Å². The minimum atomic E-state index is -0.705. The third kappa shape index (κ3) is 2.92. The van der Waals surface area contributed by atoms with Gasteiger partial charge in [0.2, 0.25) is 0 Å². The van der Waals surface area contributed by atoms with E-state index in [1.54, 1.807) is 4.90 Å². The lowest BCUT2D eigenvalue weighted by Gasteiger charge is -2.39. The number of hydrogen-bond donors (Lipinski definition) is 1. The van der Waals surface area contributed by atoms with Crippen molar-refractivity contribution >= 4 is 6.09 Å². The molecule has 4 heteroatoms. The highest BCUT2D eigenvalue weighted by atomic mass is 16.6. The average Bonchev–Trinajstić information content (AvgIpc) is 3.51. The summed E-state index contributed by atoms with van der Waals surface area (Å²) in [6.45, 7) is 1.42. The largest absolute Gasteiger partial charge is 0.448 e. The zero-order valence-corrected chi connectivity index (χ0v) is 15.4. The van der Waals surface area contributed by atoms with Crippen LogP contribution in [-0.4, -0.2) is 41.4 Å². The molecule has 1 saturated heterocycles. The Morgan fingerprint density at radius 2 is 1.70 bits per heavy atom. The minimum Gasteiger partial charge on any atom is -0.448 e. The maximum Gasteiger partial charge on any atom is 0.409 e. The molecule has 1 N–H and O–H groups in total. The second kappa shape index (κ2) is 6.38. The number of rotatable bonds is 3. The maximum atomic E-state index is 12.7. The second-order valence-electron chi connectivity index (χ2n) is 8.21. The number of carbonyl (C=O) groups is 1. The van der Waals surface area contributed by atoms with Gasteiger partial charge in [-0.25, -0.2) is 4.79 Å². The molecule has 1 atom stereocenters. The van der Waals surface area contributed by atoms with Crippen molar-refractivity contribution < 1.29 is 14.6 Å². The minimum absolute atomic E-state index is 0.0773. The van der Waals surface area contributed by atoms with Gasteiger partial charge in [-0.2, -0.15) is 0 Å². The van der Waals surface area contributed by atoms with Gasteiger partial charge in [-0.1, -0.05) is 48.5 Å². The van der Waals surface area contributed by atoms with Crippen LogP contribution in [0, 0.1) is 5.92 Å². The molecule has 2 aromatic carbocycles. The van der Waals surface area contributed by atoms with Crippen molar-refractivity contribution in [3.8, 4) is 11.1 Å². The van der Waals surface area contributed by atoms with Crippen LogP contribution < -0.4 is 0 Å². The number of amides is 1. The van der Waals surface area contributed by atoms with Gasteiger partial charge >= 0.3 is 6.09 Å². The zero-order chi connectivity index (χ0) is 18.4. The number of carbonyl (C=O) groups excluding carboxylic acids is 1. The van der Waals surface area contributed by atoms with E-state index in [-0.39, 0.29) is 12.0 Å². The summed E-state index contributed by atoms with van der Waals surface area (Å²) in [5.41, 5.74) is 4.20.